The number of unbranched alkanes of at least 4 members (excludes halogenated alkanes) is 6. The molecule has 0 saturated heterocycles. The Kier molecular flexibility index (Phi) is 10.7. The molecule has 2 aromatic rings. The van der Waals surface area contributed by atoms with E-state index in [1.807, 2.05) is 0 Å². The number of rotatable bonds is 14. The standard InChI is InChI=1S/C34H48N2/c1-7-10-13-16-28-23-31(24-29(17-14-11-8-2)32(28)18-15-12-9-3)34-20-19-33(36(34)35)30-21-25(4)27(6)26(5)22-30/h19-24H,7-18H2,1-6H3. The van der Waals surface area contributed by atoms with E-state index in [1.165, 1.54) is 96.7 Å². The summed E-state index contributed by atoms with van der Waals surface area (Å²) in [5.41, 5.74) is 23.8. The van der Waals surface area contributed by atoms with Crippen molar-refractivity contribution in [2.24, 2.45) is 0 Å². The molecule has 0 N–H and O–H groups in total. The predicted octanol–water partition coefficient (Wildman–Crippen LogP) is 10.2. The largest absolute Gasteiger partial charge is 0.493 e. The minimum atomic E-state index is 0.864. The van der Waals surface area contributed by atoms with Gasteiger partial charge in [-0.2, -0.15) is 0 Å². The van der Waals surface area contributed by atoms with Gasteiger partial charge in [0.15, 0.2) is 0 Å². The summed E-state index contributed by atoms with van der Waals surface area (Å²) < 4.78 is 1.42. The molecule has 0 spiro atoms. The van der Waals surface area contributed by atoms with E-state index in [2.05, 4.69) is 78.0 Å². The van der Waals surface area contributed by atoms with Gasteiger partial charge in [0.2, 0.25) is 11.4 Å². The maximum Gasteiger partial charge on any atom is 0.207 e. The second-order valence-corrected chi connectivity index (χ2v) is 10.8. The van der Waals surface area contributed by atoms with Crippen molar-refractivity contribution in [3.8, 4) is 0 Å². The first-order valence-corrected chi connectivity index (χ1v) is 14.5. The van der Waals surface area contributed by atoms with Gasteiger partial charge < -0.3 is 5.53 Å². The van der Waals surface area contributed by atoms with Crippen molar-refractivity contribution >= 4 is 11.4 Å². The average molecular weight is 485 g/mol. The highest BCUT2D eigenvalue weighted by Gasteiger charge is 2.25. The van der Waals surface area contributed by atoms with Crippen LogP contribution in [0.4, 0.5) is 0 Å². The van der Waals surface area contributed by atoms with Crippen LogP contribution in [0.15, 0.2) is 36.4 Å². The van der Waals surface area contributed by atoms with Gasteiger partial charge >= 0.3 is 0 Å². The van der Waals surface area contributed by atoms with Gasteiger partial charge in [0.25, 0.3) is 0 Å². The molecule has 0 fully saturated rings. The smallest absolute Gasteiger partial charge is 0.207 e. The third-order valence-electron chi connectivity index (χ3n) is 7.94. The number of hydrogen-bond acceptors (Lipinski definition) is 0. The highest BCUT2D eigenvalue weighted by Crippen LogP contribution is 2.35. The van der Waals surface area contributed by atoms with E-state index in [1.54, 1.807) is 5.56 Å². The number of allylic oxidation sites excluding steroid dienone is 2. The summed E-state index contributed by atoms with van der Waals surface area (Å²) in [4.78, 5) is 0. The second kappa shape index (κ2) is 13.7. The lowest BCUT2D eigenvalue weighted by Gasteiger charge is -2.19. The van der Waals surface area contributed by atoms with E-state index in [0.717, 1.165) is 35.4 Å². The number of nitrogens with zero attached hydrogens (tertiary/aromatic N) is 2. The normalized spacial score (nSPS) is 13.3. The van der Waals surface area contributed by atoms with E-state index < -0.39 is 0 Å². The van der Waals surface area contributed by atoms with Crippen molar-refractivity contribution in [2.75, 3.05) is 0 Å². The van der Waals surface area contributed by atoms with Gasteiger partial charge in [-0.25, -0.2) is 4.70 Å². The topological polar surface area (TPSA) is 25.3 Å². The second-order valence-electron chi connectivity index (χ2n) is 10.8. The maximum atomic E-state index is 11.4. The first-order valence-electron chi connectivity index (χ1n) is 14.5. The fourth-order valence-electron chi connectivity index (χ4n) is 5.44. The van der Waals surface area contributed by atoms with Gasteiger partial charge in [0.1, 0.15) is 0 Å². The van der Waals surface area contributed by atoms with Crippen LogP contribution >= 0.6 is 0 Å². The highest BCUT2D eigenvalue weighted by molar-refractivity contribution is 5.76. The van der Waals surface area contributed by atoms with Gasteiger partial charge in [-0.1, -0.05) is 59.3 Å². The van der Waals surface area contributed by atoms with Crippen molar-refractivity contribution < 1.29 is 4.70 Å². The zero-order chi connectivity index (χ0) is 26.1. The van der Waals surface area contributed by atoms with Crippen molar-refractivity contribution in [1.29, 1.82) is 0 Å². The van der Waals surface area contributed by atoms with E-state index in [0.29, 0.717) is 0 Å². The lowest BCUT2D eigenvalue weighted by molar-refractivity contribution is -0.344. The summed E-state index contributed by atoms with van der Waals surface area (Å²) >= 11 is 0. The van der Waals surface area contributed by atoms with Crippen LogP contribution in [0.5, 0.6) is 0 Å². The maximum absolute atomic E-state index is 11.4. The van der Waals surface area contributed by atoms with Gasteiger partial charge in [-0.15, -0.1) is 0 Å². The Morgan fingerprint density at radius 2 is 1.00 bits per heavy atom. The molecule has 1 aliphatic heterocycles. The molecule has 0 amide bonds. The minimum absolute atomic E-state index is 0.864. The lowest BCUT2D eigenvalue weighted by atomic mass is 9.88. The Balaban J connectivity index is 1.97. The molecule has 2 heteroatoms. The number of benzene rings is 2. The van der Waals surface area contributed by atoms with Crippen LogP contribution in [-0.2, 0) is 19.3 Å². The molecule has 2 nitrogen and oxygen atoms in total. The molecule has 0 atom stereocenters. The Morgan fingerprint density at radius 3 is 1.44 bits per heavy atom. The average Bonchev–Trinajstić information content (AvgIpc) is 3.25. The van der Waals surface area contributed by atoms with Gasteiger partial charge in [0.05, 0.1) is 0 Å². The summed E-state index contributed by atoms with van der Waals surface area (Å²) in [6, 6.07) is 9.16. The zero-order valence-electron chi connectivity index (χ0n) is 23.8. The zero-order valence-corrected chi connectivity index (χ0v) is 23.8. The Hall–Kier alpha value is -2.48. The highest BCUT2D eigenvalue weighted by atomic mass is 15.2. The summed E-state index contributed by atoms with van der Waals surface area (Å²) in [7, 11) is 0. The summed E-state index contributed by atoms with van der Waals surface area (Å²) in [5.74, 6) is 0. The Labute approximate surface area is 221 Å². The Bertz CT molecular complexity index is 1060. The minimum Gasteiger partial charge on any atom is -0.493 e. The van der Waals surface area contributed by atoms with Crippen LogP contribution < -0.4 is 0 Å². The molecular formula is C34H48N2. The molecule has 194 valence electrons. The van der Waals surface area contributed by atoms with Crippen LogP contribution in [0.1, 0.15) is 123 Å². The van der Waals surface area contributed by atoms with Crippen LogP contribution in [0.25, 0.3) is 16.9 Å². The molecule has 0 radical (unpaired) electrons. The third-order valence-corrected chi connectivity index (χ3v) is 7.94. The number of aryl methyl sites for hydroxylation is 4. The van der Waals surface area contributed by atoms with Crippen molar-refractivity contribution in [3.63, 3.8) is 0 Å². The summed E-state index contributed by atoms with van der Waals surface area (Å²) in [6.07, 6.45) is 19.0. The third kappa shape index (κ3) is 6.84. The SMILES string of the molecule is CCCCCc1cc(C2=CC=C(c3cc(C)c(C)c(C)c3)[N+]2=[N-])cc(CCCCC)c1CCCCC. The first-order chi connectivity index (χ1) is 17.4. The fraction of sp³-hybridized carbons (Fsp3) is 0.529. The van der Waals surface area contributed by atoms with E-state index >= 15 is 0 Å². The Morgan fingerprint density at radius 1 is 0.583 bits per heavy atom. The van der Waals surface area contributed by atoms with Crippen LogP contribution in [0.3, 0.4) is 0 Å². The van der Waals surface area contributed by atoms with Crippen molar-refractivity contribution in [2.45, 2.75) is 119 Å². The molecule has 1 aliphatic rings. The van der Waals surface area contributed by atoms with Crippen molar-refractivity contribution in [3.05, 3.63) is 86.5 Å². The molecule has 0 aromatic heterocycles. The molecule has 0 unspecified atom stereocenters. The van der Waals surface area contributed by atoms with Gasteiger partial charge in [-0.3, -0.25) is 0 Å². The molecule has 0 bridgehead atoms. The number of hydrogen-bond donors (Lipinski definition) is 0. The molecule has 1 heterocycles. The first kappa shape index (κ1) is 28.1. The van der Waals surface area contributed by atoms with Crippen LogP contribution in [0, 0.1) is 20.8 Å². The van der Waals surface area contributed by atoms with Crippen molar-refractivity contribution in [1.82, 2.24) is 0 Å². The van der Waals surface area contributed by atoms with E-state index in [-0.39, 0.29) is 0 Å². The molecule has 36 heavy (non-hydrogen) atoms. The quantitative estimate of drug-likeness (QED) is 0.188. The fourth-order valence-corrected chi connectivity index (χ4v) is 5.44. The van der Waals surface area contributed by atoms with Gasteiger partial charge in [0, 0.05) is 23.3 Å². The van der Waals surface area contributed by atoms with Crippen LogP contribution in [-0.4, -0.2) is 4.70 Å². The predicted molar refractivity (Wildman–Crippen MR) is 156 cm³/mol. The molecule has 2 aromatic carbocycles. The van der Waals surface area contributed by atoms with E-state index in [9.17, 15) is 5.53 Å². The molecule has 3 rings (SSSR count). The monoisotopic (exact) mass is 484 g/mol. The van der Waals surface area contributed by atoms with Crippen LogP contribution in [0.2, 0.25) is 0 Å². The van der Waals surface area contributed by atoms with E-state index in [4.69, 9.17) is 0 Å². The summed E-state index contributed by atoms with van der Waals surface area (Å²) in [6.45, 7) is 13.3. The molecular weight excluding hydrogens is 436 g/mol. The summed E-state index contributed by atoms with van der Waals surface area (Å²) in [5, 5.41) is 0. The molecule has 0 saturated carbocycles. The van der Waals surface area contributed by atoms with Gasteiger partial charge in [-0.05, 0) is 117 Å². The molecule has 0 aliphatic carbocycles. The lowest BCUT2D eigenvalue weighted by Crippen LogP contribution is -2.07.